The van der Waals surface area contributed by atoms with Crippen molar-refractivity contribution in [3.05, 3.63) is 57.8 Å². The topological polar surface area (TPSA) is 121 Å². The third kappa shape index (κ3) is 4.36. The second kappa shape index (κ2) is 7.38. The summed E-state index contributed by atoms with van der Waals surface area (Å²) in [6, 6.07) is 7.27. The number of nitrogens with one attached hydrogen (secondary N) is 3. The fourth-order valence-corrected chi connectivity index (χ4v) is 3.65. The Morgan fingerprint density at radius 2 is 2.08 bits per heavy atom. The first kappa shape index (κ1) is 18.3. The van der Waals surface area contributed by atoms with Crippen molar-refractivity contribution < 1.29 is 13.2 Å². The molecule has 8 nitrogen and oxygen atoms in total. The summed E-state index contributed by atoms with van der Waals surface area (Å²) >= 11 is 0. The van der Waals surface area contributed by atoms with Crippen LogP contribution in [0.15, 0.2) is 40.0 Å². The molecule has 1 heterocycles. The van der Waals surface area contributed by atoms with E-state index < -0.39 is 10.0 Å². The molecule has 138 valence electrons. The second-order valence-electron chi connectivity index (χ2n) is 6.28. The van der Waals surface area contributed by atoms with Gasteiger partial charge in [0.25, 0.3) is 11.5 Å². The van der Waals surface area contributed by atoms with Crippen LogP contribution in [0.2, 0.25) is 0 Å². The molecule has 3 N–H and O–H groups in total. The normalized spacial score (nSPS) is 14.7. The van der Waals surface area contributed by atoms with Crippen molar-refractivity contribution in [1.29, 1.82) is 0 Å². The van der Waals surface area contributed by atoms with Crippen LogP contribution >= 0.6 is 0 Å². The molecule has 1 aliphatic rings. The standard InChI is InChI=1S/C17H20N4O4S/c1-11-19-14(9-16(22)20-11)10-18-26(24,25)15-7-2-4-12(8-15)17(23)21-13-5-3-6-13/h2,4,7-9,13,18H,3,5-6,10H2,1H3,(H,21,23)(H,19,20,22). The fraction of sp³-hybridized carbons (Fsp3) is 0.353. The van der Waals surface area contributed by atoms with E-state index >= 15 is 0 Å². The molecule has 1 aromatic heterocycles. The van der Waals surface area contributed by atoms with E-state index in [4.69, 9.17) is 0 Å². The Morgan fingerprint density at radius 3 is 2.73 bits per heavy atom. The Bertz CT molecular complexity index is 980. The minimum absolute atomic E-state index is 0.0136. The number of amides is 1. The van der Waals surface area contributed by atoms with Gasteiger partial charge in [-0.2, -0.15) is 0 Å². The molecule has 0 atom stereocenters. The van der Waals surface area contributed by atoms with E-state index in [1.165, 1.54) is 24.3 Å². The van der Waals surface area contributed by atoms with Crippen LogP contribution in [0.25, 0.3) is 0 Å². The zero-order valence-corrected chi connectivity index (χ0v) is 15.1. The van der Waals surface area contributed by atoms with Gasteiger partial charge in [-0.25, -0.2) is 18.1 Å². The van der Waals surface area contributed by atoms with Crippen molar-refractivity contribution in [2.45, 2.75) is 43.7 Å². The van der Waals surface area contributed by atoms with E-state index in [2.05, 4.69) is 20.0 Å². The van der Waals surface area contributed by atoms with Crippen LogP contribution in [0.3, 0.4) is 0 Å². The molecule has 0 bridgehead atoms. The summed E-state index contributed by atoms with van der Waals surface area (Å²) in [7, 11) is -3.84. The number of nitrogens with zero attached hydrogens (tertiary/aromatic N) is 1. The molecule has 26 heavy (non-hydrogen) atoms. The van der Waals surface area contributed by atoms with E-state index in [1.807, 2.05) is 0 Å². The molecule has 0 spiro atoms. The number of aryl methyl sites for hydroxylation is 1. The third-order valence-corrected chi connectivity index (χ3v) is 5.60. The van der Waals surface area contributed by atoms with E-state index in [1.54, 1.807) is 13.0 Å². The second-order valence-corrected chi connectivity index (χ2v) is 8.04. The molecular formula is C17H20N4O4S. The highest BCUT2D eigenvalue weighted by molar-refractivity contribution is 7.89. The summed E-state index contributed by atoms with van der Waals surface area (Å²) in [6.07, 6.45) is 3.00. The minimum Gasteiger partial charge on any atom is -0.349 e. The van der Waals surface area contributed by atoms with Gasteiger partial charge in [0.05, 0.1) is 17.1 Å². The van der Waals surface area contributed by atoms with Crippen LogP contribution in [-0.2, 0) is 16.6 Å². The van der Waals surface area contributed by atoms with Gasteiger partial charge in [-0.1, -0.05) is 6.07 Å². The molecule has 1 amide bonds. The lowest BCUT2D eigenvalue weighted by atomic mass is 9.93. The average Bonchev–Trinajstić information content (AvgIpc) is 2.55. The van der Waals surface area contributed by atoms with Gasteiger partial charge in [0.15, 0.2) is 0 Å². The van der Waals surface area contributed by atoms with Gasteiger partial charge in [-0.3, -0.25) is 9.59 Å². The van der Waals surface area contributed by atoms with Gasteiger partial charge in [-0.05, 0) is 44.4 Å². The Balaban J connectivity index is 1.73. The predicted octanol–water partition coefficient (Wildman–Crippen LogP) is 0.839. The molecule has 2 aromatic rings. The summed E-state index contributed by atoms with van der Waals surface area (Å²) in [5, 5.41) is 2.88. The van der Waals surface area contributed by atoms with Gasteiger partial charge in [0.2, 0.25) is 10.0 Å². The Kier molecular flexibility index (Phi) is 5.19. The number of hydrogen-bond acceptors (Lipinski definition) is 5. The van der Waals surface area contributed by atoms with Crippen LogP contribution in [0.1, 0.15) is 41.1 Å². The number of carbonyl (C=O) groups is 1. The molecule has 1 fully saturated rings. The smallest absolute Gasteiger partial charge is 0.251 e. The lowest BCUT2D eigenvalue weighted by Crippen LogP contribution is -2.39. The van der Waals surface area contributed by atoms with Gasteiger partial charge >= 0.3 is 0 Å². The summed E-state index contributed by atoms with van der Waals surface area (Å²) < 4.78 is 27.4. The summed E-state index contributed by atoms with van der Waals surface area (Å²) in [5.74, 6) is 0.125. The number of sulfonamides is 1. The first-order valence-electron chi connectivity index (χ1n) is 8.31. The fourth-order valence-electron chi connectivity index (χ4n) is 2.61. The molecule has 0 aliphatic heterocycles. The van der Waals surface area contributed by atoms with Gasteiger partial charge in [0, 0.05) is 17.7 Å². The minimum atomic E-state index is -3.84. The SMILES string of the molecule is Cc1nc(CNS(=O)(=O)c2cccc(C(=O)NC3CCC3)c2)cc(=O)[nH]1. The number of aromatic nitrogens is 2. The number of rotatable bonds is 6. The summed E-state index contributed by atoms with van der Waals surface area (Å²) in [6.45, 7) is 1.50. The van der Waals surface area contributed by atoms with Gasteiger partial charge in [0.1, 0.15) is 5.82 Å². The predicted molar refractivity (Wildman–Crippen MR) is 95.2 cm³/mol. The molecule has 0 saturated heterocycles. The maximum atomic E-state index is 12.5. The number of benzene rings is 1. The Hall–Kier alpha value is -2.52. The summed E-state index contributed by atoms with van der Waals surface area (Å²) in [5.41, 5.74) is 0.264. The largest absolute Gasteiger partial charge is 0.349 e. The average molecular weight is 376 g/mol. The highest BCUT2D eigenvalue weighted by atomic mass is 32.2. The number of H-pyrrole nitrogens is 1. The van der Waals surface area contributed by atoms with E-state index in [9.17, 15) is 18.0 Å². The highest BCUT2D eigenvalue weighted by Gasteiger charge is 2.21. The van der Waals surface area contributed by atoms with Crippen molar-refractivity contribution in [3.63, 3.8) is 0 Å². The van der Waals surface area contributed by atoms with Crippen LogP contribution in [-0.4, -0.2) is 30.3 Å². The molecule has 0 radical (unpaired) electrons. The number of hydrogen-bond donors (Lipinski definition) is 3. The van der Waals surface area contributed by atoms with Crippen LogP contribution < -0.4 is 15.6 Å². The van der Waals surface area contributed by atoms with Crippen molar-refractivity contribution in [2.24, 2.45) is 0 Å². The molecule has 1 aromatic carbocycles. The Morgan fingerprint density at radius 1 is 1.31 bits per heavy atom. The van der Waals surface area contributed by atoms with Crippen molar-refractivity contribution >= 4 is 15.9 Å². The van der Waals surface area contributed by atoms with Crippen LogP contribution in [0.5, 0.6) is 0 Å². The van der Waals surface area contributed by atoms with E-state index in [0.29, 0.717) is 17.1 Å². The molecular weight excluding hydrogens is 356 g/mol. The van der Waals surface area contributed by atoms with Gasteiger partial charge in [-0.15, -0.1) is 0 Å². The van der Waals surface area contributed by atoms with Gasteiger partial charge < -0.3 is 10.3 Å². The molecule has 0 unspecified atom stereocenters. The number of carbonyl (C=O) groups excluding carboxylic acids is 1. The zero-order chi connectivity index (χ0) is 18.7. The molecule has 3 rings (SSSR count). The third-order valence-electron chi connectivity index (χ3n) is 4.20. The summed E-state index contributed by atoms with van der Waals surface area (Å²) in [4.78, 5) is 30.2. The monoisotopic (exact) mass is 376 g/mol. The van der Waals surface area contributed by atoms with Crippen LogP contribution in [0.4, 0.5) is 0 Å². The van der Waals surface area contributed by atoms with E-state index in [0.717, 1.165) is 19.3 Å². The highest BCUT2D eigenvalue weighted by Crippen LogP contribution is 2.19. The lowest BCUT2D eigenvalue weighted by Gasteiger charge is -2.26. The maximum Gasteiger partial charge on any atom is 0.251 e. The Labute approximate surface area is 151 Å². The van der Waals surface area contributed by atoms with Crippen LogP contribution in [0, 0.1) is 6.92 Å². The van der Waals surface area contributed by atoms with E-state index in [-0.39, 0.29) is 28.9 Å². The first-order valence-corrected chi connectivity index (χ1v) is 9.79. The number of aromatic amines is 1. The lowest BCUT2D eigenvalue weighted by molar-refractivity contribution is 0.0916. The zero-order valence-electron chi connectivity index (χ0n) is 14.3. The quantitative estimate of drug-likeness (QED) is 0.690. The molecule has 9 heteroatoms. The molecule has 1 aliphatic carbocycles. The van der Waals surface area contributed by atoms with Crippen molar-refractivity contribution in [3.8, 4) is 0 Å². The molecule has 1 saturated carbocycles. The van der Waals surface area contributed by atoms with Crippen molar-refractivity contribution in [1.82, 2.24) is 20.0 Å². The first-order chi connectivity index (χ1) is 12.3. The van der Waals surface area contributed by atoms with Crippen molar-refractivity contribution in [2.75, 3.05) is 0 Å². The maximum absolute atomic E-state index is 12.5.